The van der Waals surface area contributed by atoms with Crippen molar-refractivity contribution in [3.8, 4) is 0 Å². The van der Waals surface area contributed by atoms with E-state index in [9.17, 15) is 17.6 Å². The molecule has 0 unspecified atom stereocenters. The Morgan fingerprint density at radius 2 is 1.76 bits per heavy atom. The van der Waals surface area contributed by atoms with Gasteiger partial charge in [-0.2, -0.15) is 0 Å². The Hall–Kier alpha value is -2.87. The van der Waals surface area contributed by atoms with Gasteiger partial charge in [-0.1, -0.05) is 18.2 Å². The van der Waals surface area contributed by atoms with Crippen molar-refractivity contribution in [3.05, 3.63) is 66.1 Å². The van der Waals surface area contributed by atoms with Crippen molar-refractivity contribution >= 4 is 27.0 Å². The number of amides is 1. The van der Waals surface area contributed by atoms with Crippen molar-refractivity contribution < 1.29 is 22.3 Å². The van der Waals surface area contributed by atoms with Crippen molar-refractivity contribution in [1.29, 1.82) is 0 Å². The maximum atomic E-state index is 14.1. The van der Waals surface area contributed by atoms with Gasteiger partial charge in [-0.15, -0.1) is 0 Å². The molecule has 1 saturated heterocycles. The molecule has 4 rings (SSSR count). The first-order valence-corrected chi connectivity index (χ1v) is 12.6. The van der Waals surface area contributed by atoms with Crippen LogP contribution in [0.3, 0.4) is 0 Å². The van der Waals surface area contributed by atoms with Crippen LogP contribution in [0.4, 0.5) is 9.18 Å². The molecule has 6 nitrogen and oxygen atoms in total. The molecular formula is C25H29FN2O4S. The minimum atomic E-state index is -3.81. The second-order valence-corrected chi connectivity index (χ2v) is 11.4. The SMILES string of the molecule is CC(C)(C)OC(=O)N1CCC(Cc2cn(S(=O)(=O)c3ccccc3)c3ccc(F)cc23)CC1. The molecule has 1 amide bonds. The van der Waals surface area contributed by atoms with Crippen LogP contribution in [0.5, 0.6) is 0 Å². The zero-order valence-corrected chi connectivity index (χ0v) is 19.9. The number of carbonyl (C=O) groups excluding carboxylic acids is 1. The van der Waals surface area contributed by atoms with Crippen LogP contribution in [-0.4, -0.2) is 42.1 Å². The molecule has 0 radical (unpaired) electrons. The van der Waals surface area contributed by atoms with Crippen molar-refractivity contribution in [3.63, 3.8) is 0 Å². The minimum absolute atomic E-state index is 0.184. The number of rotatable bonds is 4. The number of hydrogen-bond donors (Lipinski definition) is 0. The molecule has 1 aliphatic rings. The molecule has 176 valence electrons. The molecular weight excluding hydrogens is 443 g/mol. The number of benzene rings is 2. The van der Waals surface area contributed by atoms with Crippen LogP contribution in [0, 0.1) is 11.7 Å². The maximum Gasteiger partial charge on any atom is 0.410 e. The highest BCUT2D eigenvalue weighted by Crippen LogP contribution is 2.31. The van der Waals surface area contributed by atoms with Crippen molar-refractivity contribution in [1.82, 2.24) is 8.87 Å². The standard InChI is InChI=1S/C25H29FN2O4S/c1-25(2,3)32-24(29)27-13-11-18(12-14-27)15-19-17-28(23-10-9-20(26)16-22(19)23)33(30,31)21-7-5-4-6-8-21/h4-10,16-18H,11-15H2,1-3H3. The zero-order valence-electron chi connectivity index (χ0n) is 19.1. The summed E-state index contributed by atoms with van der Waals surface area (Å²) in [5.41, 5.74) is 0.713. The van der Waals surface area contributed by atoms with Crippen LogP contribution in [0.15, 0.2) is 59.6 Å². The lowest BCUT2D eigenvalue weighted by Gasteiger charge is -2.33. The van der Waals surface area contributed by atoms with Crippen molar-refractivity contribution in [2.45, 2.75) is 50.5 Å². The summed E-state index contributed by atoms with van der Waals surface area (Å²) in [6, 6.07) is 12.4. The van der Waals surface area contributed by atoms with Crippen LogP contribution in [0.1, 0.15) is 39.2 Å². The molecule has 2 aromatic carbocycles. The van der Waals surface area contributed by atoms with E-state index in [4.69, 9.17) is 4.74 Å². The highest BCUT2D eigenvalue weighted by atomic mass is 32.2. The van der Waals surface area contributed by atoms with Gasteiger partial charge >= 0.3 is 6.09 Å². The molecule has 0 aliphatic carbocycles. The van der Waals surface area contributed by atoms with E-state index in [1.54, 1.807) is 41.4 Å². The van der Waals surface area contributed by atoms with E-state index in [-0.39, 0.29) is 16.9 Å². The first kappa shape index (κ1) is 23.3. The number of likely N-dealkylation sites (tertiary alicyclic amines) is 1. The van der Waals surface area contributed by atoms with Gasteiger partial charge in [-0.25, -0.2) is 21.6 Å². The van der Waals surface area contributed by atoms with E-state index in [1.807, 2.05) is 20.8 Å². The van der Waals surface area contributed by atoms with Crippen molar-refractivity contribution in [2.24, 2.45) is 5.92 Å². The molecule has 1 aliphatic heterocycles. The van der Waals surface area contributed by atoms with Gasteiger partial charge in [0.1, 0.15) is 11.4 Å². The average molecular weight is 473 g/mol. The Morgan fingerprint density at radius 3 is 2.39 bits per heavy atom. The van der Waals surface area contributed by atoms with Crippen LogP contribution in [0.25, 0.3) is 10.9 Å². The second kappa shape index (κ2) is 8.82. The predicted molar refractivity (Wildman–Crippen MR) is 125 cm³/mol. The van der Waals surface area contributed by atoms with Gasteiger partial charge in [-0.3, -0.25) is 0 Å². The zero-order chi connectivity index (χ0) is 23.8. The van der Waals surface area contributed by atoms with Gasteiger partial charge in [0.2, 0.25) is 0 Å². The smallest absolute Gasteiger partial charge is 0.410 e. The van der Waals surface area contributed by atoms with E-state index in [0.29, 0.717) is 30.4 Å². The summed E-state index contributed by atoms with van der Waals surface area (Å²) >= 11 is 0. The highest BCUT2D eigenvalue weighted by Gasteiger charge is 2.28. The van der Waals surface area contributed by atoms with Crippen molar-refractivity contribution in [2.75, 3.05) is 13.1 Å². The molecule has 0 atom stereocenters. The predicted octanol–water partition coefficient (Wildman–Crippen LogP) is 5.21. The molecule has 2 heterocycles. The first-order chi connectivity index (χ1) is 15.5. The summed E-state index contributed by atoms with van der Waals surface area (Å²) in [6.07, 6.45) is 3.46. The maximum absolute atomic E-state index is 14.1. The minimum Gasteiger partial charge on any atom is -0.444 e. The van der Waals surface area contributed by atoms with Crippen LogP contribution in [0.2, 0.25) is 0 Å². The number of fused-ring (bicyclic) bond motifs is 1. The van der Waals surface area contributed by atoms with Crippen LogP contribution < -0.4 is 0 Å². The average Bonchev–Trinajstić information content (AvgIpc) is 3.12. The van der Waals surface area contributed by atoms with Crippen LogP contribution in [-0.2, 0) is 21.2 Å². The van der Waals surface area contributed by atoms with E-state index >= 15 is 0 Å². The number of piperidine rings is 1. The molecule has 1 aromatic heterocycles. The summed E-state index contributed by atoms with van der Waals surface area (Å²) in [4.78, 5) is 14.2. The quantitative estimate of drug-likeness (QED) is 0.523. The third kappa shape index (κ3) is 5.05. The number of nitrogens with zero attached hydrogens (tertiary/aromatic N) is 2. The molecule has 0 spiro atoms. The summed E-state index contributed by atoms with van der Waals surface area (Å²) in [5.74, 6) is -0.149. The van der Waals surface area contributed by atoms with Gasteiger partial charge in [0.05, 0.1) is 10.4 Å². The largest absolute Gasteiger partial charge is 0.444 e. The third-order valence-electron chi connectivity index (χ3n) is 5.89. The van der Waals surface area contributed by atoms with E-state index in [2.05, 4.69) is 0 Å². The van der Waals surface area contributed by atoms with Gasteiger partial charge in [0.15, 0.2) is 0 Å². The third-order valence-corrected chi connectivity index (χ3v) is 7.58. The monoisotopic (exact) mass is 472 g/mol. The number of halogens is 1. The molecule has 3 aromatic rings. The normalized spacial score (nSPS) is 15.7. The summed E-state index contributed by atoms with van der Waals surface area (Å²) < 4.78 is 47.4. The van der Waals surface area contributed by atoms with Gasteiger partial charge in [0.25, 0.3) is 10.0 Å². The molecule has 0 N–H and O–H groups in total. The number of carbonyl (C=O) groups is 1. The summed E-state index contributed by atoms with van der Waals surface area (Å²) in [6.45, 7) is 6.69. The van der Waals surface area contributed by atoms with Gasteiger partial charge < -0.3 is 9.64 Å². The fourth-order valence-electron chi connectivity index (χ4n) is 4.26. The molecule has 1 fully saturated rings. The number of aromatic nitrogens is 1. The lowest BCUT2D eigenvalue weighted by Crippen LogP contribution is -2.42. The van der Waals surface area contributed by atoms with Crippen LogP contribution >= 0.6 is 0 Å². The Morgan fingerprint density at radius 1 is 1.09 bits per heavy atom. The number of ether oxygens (including phenoxy) is 1. The molecule has 0 saturated carbocycles. The fraction of sp³-hybridized carbons (Fsp3) is 0.400. The molecule has 0 bridgehead atoms. The first-order valence-electron chi connectivity index (χ1n) is 11.1. The lowest BCUT2D eigenvalue weighted by molar-refractivity contribution is 0.0184. The topological polar surface area (TPSA) is 68.6 Å². The molecule has 8 heteroatoms. The van der Waals surface area contributed by atoms with E-state index in [0.717, 1.165) is 18.4 Å². The van der Waals surface area contributed by atoms with E-state index in [1.165, 1.54) is 22.2 Å². The Kier molecular flexibility index (Phi) is 6.22. The Labute approximate surface area is 194 Å². The second-order valence-electron chi connectivity index (χ2n) is 9.54. The van der Waals surface area contributed by atoms with Gasteiger partial charge in [0, 0.05) is 24.7 Å². The Bertz CT molecular complexity index is 1250. The Balaban J connectivity index is 1.57. The molecule has 33 heavy (non-hydrogen) atoms. The lowest BCUT2D eigenvalue weighted by atomic mass is 9.90. The highest BCUT2D eigenvalue weighted by molar-refractivity contribution is 7.90. The summed E-state index contributed by atoms with van der Waals surface area (Å²) in [7, 11) is -3.81. The summed E-state index contributed by atoms with van der Waals surface area (Å²) in [5, 5.41) is 0.601. The number of hydrogen-bond acceptors (Lipinski definition) is 4. The van der Waals surface area contributed by atoms with Gasteiger partial charge in [-0.05, 0) is 81.8 Å². The fourth-order valence-corrected chi connectivity index (χ4v) is 5.68. The van der Waals surface area contributed by atoms with E-state index < -0.39 is 21.4 Å².